The molecule has 0 bridgehead atoms. The summed E-state index contributed by atoms with van der Waals surface area (Å²) < 4.78 is 6.57. The van der Waals surface area contributed by atoms with Crippen molar-refractivity contribution in [1.29, 1.82) is 0 Å². The Labute approximate surface area is 155 Å². The lowest BCUT2D eigenvalue weighted by Gasteiger charge is -2.10. The number of carbonyl (C=O) groups excluding carboxylic acids is 2. The highest BCUT2D eigenvalue weighted by atomic mass is 16.5. The number of methoxy groups -OCH3 is 1. The third-order valence-corrected chi connectivity index (χ3v) is 3.74. The van der Waals surface area contributed by atoms with Crippen LogP contribution in [-0.2, 0) is 11.3 Å². The molecule has 27 heavy (non-hydrogen) atoms. The first kappa shape index (κ1) is 18.1. The zero-order chi connectivity index (χ0) is 19.1. The first-order chi connectivity index (χ1) is 13.2. The summed E-state index contributed by atoms with van der Waals surface area (Å²) in [7, 11) is 1.55. The SMILES string of the molecule is COc1ccc(C(=O)NCC(=O)NCc2cccnc2-n2cncn2)cc1. The second-order valence-electron chi connectivity index (χ2n) is 5.51. The Balaban J connectivity index is 1.52. The Morgan fingerprint density at radius 1 is 1.15 bits per heavy atom. The van der Waals surface area contributed by atoms with Crippen LogP contribution in [-0.4, -0.2) is 45.2 Å². The minimum Gasteiger partial charge on any atom is -0.497 e. The maximum absolute atomic E-state index is 12.1. The van der Waals surface area contributed by atoms with Gasteiger partial charge in [-0.1, -0.05) is 6.07 Å². The minimum atomic E-state index is -0.336. The van der Waals surface area contributed by atoms with E-state index in [1.807, 2.05) is 6.07 Å². The van der Waals surface area contributed by atoms with Gasteiger partial charge < -0.3 is 15.4 Å². The second kappa shape index (κ2) is 8.56. The molecule has 0 saturated heterocycles. The van der Waals surface area contributed by atoms with Crippen molar-refractivity contribution in [2.75, 3.05) is 13.7 Å². The Kier molecular flexibility index (Phi) is 5.73. The van der Waals surface area contributed by atoms with Gasteiger partial charge in [-0.3, -0.25) is 9.59 Å². The number of ether oxygens (including phenoxy) is 1. The van der Waals surface area contributed by atoms with E-state index in [0.29, 0.717) is 17.1 Å². The number of pyridine rings is 1. The second-order valence-corrected chi connectivity index (χ2v) is 5.51. The molecule has 2 heterocycles. The first-order valence-electron chi connectivity index (χ1n) is 8.15. The maximum Gasteiger partial charge on any atom is 0.251 e. The van der Waals surface area contributed by atoms with Gasteiger partial charge in [-0.25, -0.2) is 14.6 Å². The van der Waals surface area contributed by atoms with Crippen LogP contribution in [0.25, 0.3) is 5.82 Å². The molecule has 9 nitrogen and oxygen atoms in total. The standard InChI is InChI=1S/C18H18N6O3/c1-27-15-6-4-13(5-7-15)18(26)22-10-16(25)21-9-14-3-2-8-20-17(14)24-12-19-11-23-24/h2-8,11-12H,9-10H2,1H3,(H,21,25)(H,22,26). The first-order valence-corrected chi connectivity index (χ1v) is 8.15. The van der Waals surface area contributed by atoms with Crippen LogP contribution in [0.3, 0.4) is 0 Å². The van der Waals surface area contributed by atoms with Crippen molar-refractivity contribution in [2.45, 2.75) is 6.54 Å². The van der Waals surface area contributed by atoms with Gasteiger partial charge in [0.2, 0.25) is 5.91 Å². The maximum atomic E-state index is 12.1. The van der Waals surface area contributed by atoms with Gasteiger partial charge in [0, 0.05) is 23.9 Å². The van der Waals surface area contributed by atoms with E-state index in [-0.39, 0.29) is 24.9 Å². The number of carbonyl (C=O) groups is 2. The van der Waals surface area contributed by atoms with Crippen molar-refractivity contribution in [1.82, 2.24) is 30.4 Å². The van der Waals surface area contributed by atoms with Crippen LogP contribution in [0.2, 0.25) is 0 Å². The lowest BCUT2D eigenvalue weighted by atomic mass is 10.2. The summed E-state index contributed by atoms with van der Waals surface area (Å²) in [5.74, 6) is 0.587. The van der Waals surface area contributed by atoms with Crippen LogP contribution < -0.4 is 15.4 Å². The average Bonchev–Trinajstić information content (AvgIpc) is 3.25. The molecule has 0 saturated carbocycles. The van der Waals surface area contributed by atoms with Gasteiger partial charge >= 0.3 is 0 Å². The summed E-state index contributed by atoms with van der Waals surface area (Å²) in [4.78, 5) is 32.3. The van der Waals surface area contributed by atoms with Crippen LogP contribution in [0, 0.1) is 0 Å². The normalized spacial score (nSPS) is 10.3. The Morgan fingerprint density at radius 3 is 2.67 bits per heavy atom. The highest BCUT2D eigenvalue weighted by molar-refractivity contribution is 5.96. The smallest absolute Gasteiger partial charge is 0.251 e. The van der Waals surface area contributed by atoms with E-state index in [9.17, 15) is 9.59 Å². The van der Waals surface area contributed by atoms with E-state index in [0.717, 1.165) is 5.56 Å². The molecule has 0 fully saturated rings. The number of hydrogen-bond donors (Lipinski definition) is 2. The van der Waals surface area contributed by atoms with E-state index in [1.54, 1.807) is 43.6 Å². The number of aromatic nitrogens is 4. The zero-order valence-corrected chi connectivity index (χ0v) is 14.6. The van der Waals surface area contributed by atoms with E-state index in [2.05, 4.69) is 25.7 Å². The van der Waals surface area contributed by atoms with Gasteiger partial charge in [0.05, 0.1) is 13.7 Å². The van der Waals surface area contributed by atoms with Crippen molar-refractivity contribution in [2.24, 2.45) is 0 Å². The van der Waals surface area contributed by atoms with Crippen molar-refractivity contribution in [3.63, 3.8) is 0 Å². The molecule has 2 amide bonds. The topological polar surface area (TPSA) is 111 Å². The van der Waals surface area contributed by atoms with Gasteiger partial charge in [0.15, 0.2) is 5.82 Å². The number of rotatable bonds is 7. The molecule has 3 rings (SSSR count). The average molecular weight is 366 g/mol. The predicted octanol–water partition coefficient (Wildman–Crippen LogP) is 0.717. The van der Waals surface area contributed by atoms with Gasteiger partial charge in [-0.15, -0.1) is 0 Å². The molecule has 0 unspecified atom stereocenters. The molecule has 138 valence electrons. The highest BCUT2D eigenvalue weighted by Gasteiger charge is 2.10. The lowest BCUT2D eigenvalue weighted by molar-refractivity contribution is -0.120. The Bertz CT molecular complexity index is 909. The van der Waals surface area contributed by atoms with Gasteiger partial charge in [0.1, 0.15) is 18.4 Å². The quantitative estimate of drug-likeness (QED) is 0.637. The van der Waals surface area contributed by atoms with Gasteiger partial charge in [-0.05, 0) is 30.3 Å². The number of hydrogen-bond acceptors (Lipinski definition) is 6. The van der Waals surface area contributed by atoms with Crippen LogP contribution in [0.1, 0.15) is 15.9 Å². The van der Waals surface area contributed by atoms with E-state index in [4.69, 9.17) is 4.74 Å². The summed E-state index contributed by atoms with van der Waals surface area (Å²) in [6, 6.07) is 10.2. The third-order valence-electron chi connectivity index (χ3n) is 3.74. The molecule has 9 heteroatoms. The molecule has 2 N–H and O–H groups in total. The zero-order valence-electron chi connectivity index (χ0n) is 14.6. The molecular weight excluding hydrogens is 348 g/mol. The fourth-order valence-corrected chi connectivity index (χ4v) is 2.35. The summed E-state index contributed by atoms with van der Waals surface area (Å²) >= 11 is 0. The van der Waals surface area contributed by atoms with E-state index < -0.39 is 0 Å². The van der Waals surface area contributed by atoms with Gasteiger partial charge in [0.25, 0.3) is 5.91 Å². The summed E-state index contributed by atoms with van der Waals surface area (Å²) in [5.41, 5.74) is 1.22. The van der Waals surface area contributed by atoms with Crippen LogP contribution in [0.5, 0.6) is 5.75 Å². The van der Waals surface area contributed by atoms with Crippen LogP contribution >= 0.6 is 0 Å². The van der Waals surface area contributed by atoms with Crippen molar-refractivity contribution in [3.05, 3.63) is 66.4 Å². The number of benzene rings is 1. The molecule has 2 aromatic heterocycles. The fourth-order valence-electron chi connectivity index (χ4n) is 2.35. The molecule has 3 aromatic rings. The minimum absolute atomic E-state index is 0.135. The van der Waals surface area contributed by atoms with Crippen molar-refractivity contribution >= 4 is 11.8 Å². The summed E-state index contributed by atoms with van der Waals surface area (Å²) in [5, 5.41) is 9.37. The van der Waals surface area contributed by atoms with Crippen molar-refractivity contribution in [3.8, 4) is 11.6 Å². The Morgan fingerprint density at radius 2 is 1.96 bits per heavy atom. The molecule has 0 spiro atoms. The molecular formula is C18H18N6O3. The van der Waals surface area contributed by atoms with Crippen LogP contribution in [0.4, 0.5) is 0 Å². The third kappa shape index (κ3) is 4.66. The lowest BCUT2D eigenvalue weighted by Crippen LogP contribution is -2.36. The molecule has 0 atom stereocenters. The molecule has 0 aliphatic carbocycles. The van der Waals surface area contributed by atoms with Gasteiger partial charge in [-0.2, -0.15) is 5.10 Å². The molecule has 1 aromatic carbocycles. The molecule has 0 aliphatic heterocycles. The largest absolute Gasteiger partial charge is 0.497 e. The molecule has 0 radical (unpaired) electrons. The fraction of sp³-hybridized carbons (Fsp3) is 0.167. The number of amides is 2. The summed E-state index contributed by atoms with van der Waals surface area (Å²) in [6.45, 7) is 0.115. The monoisotopic (exact) mass is 366 g/mol. The number of nitrogens with one attached hydrogen (secondary N) is 2. The molecule has 0 aliphatic rings. The van der Waals surface area contributed by atoms with Crippen molar-refractivity contribution < 1.29 is 14.3 Å². The predicted molar refractivity (Wildman–Crippen MR) is 96.3 cm³/mol. The summed E-state index contributed by atoms with van der Waals surface area (Å²) in [6.07, 6.45) is 4.58. The van der Waals surface area contributed by atoms with E-state index >= 15 is 0 Å². The Hall–Kier alpha value is -3.75. The van der Waals surface area contributed by atoms with E-state index in [1.165, 1.54) is 17.3 Å². The van der Waals surface area contributed by atoms with Crippen LogP contribution in [0.15, 0.2) is 55.2 Å². The highest BCUT2D eigenvalue weighted by Crippen LogP contribution is 2.11. The number of nitrogens with zero attached hydrogens (tertiary/aromatic N) is 4.